The van der Waals surface area contributed by atoms with E-state index in [1.807, 2.05) is 0 Å². The highest BCUT2D eigenvalue weighted by atomic mass is 16.2. The number of carbonyl (C=O) groups is 1. The smallest absolute Gasteiger partial charge is 0.242 e. The van der Waals surface area contributed by atoms with Crippen molar-refractivity contribution < 1.29 is 4.79 Å². The summed E-state index contributed by atoms with van der Waals surface area (Å²) in [7, 11) is 0. The van der Waals surface area contributed by atoms with E-state index in [9.17, 15) is 4.79 Å². The predicted octanol–water partition coefficient (Wildman–Crippen LogP) is 1.35. The summed E-state index contributed by atoms with van der Waals surface area (Å²) in [5, 5.41) is 2.98. The van der Waals surface area contributed by atoms with Gasteiger partial charge < -0.3 is 16.0 Å². The topological polar surface area (TPSA) is 58.4 Å². The summed E-state index contributed by atoms with van der Waals surface area (Å²) in [6.07, 6.45) is 1.67. The molecule has 2 rings (SSSR count). The Kier molecular flexibility index (Phi) is 4.43. The number of nitrogens with one attached hydrogen (secondary N) is 1. The Hall–Kier alpha value is -1.55. The molecule has 1 atom stereocenters. The molecule has 1 heterocycles. The number of hydrogen-bond donors (Lipinski definition) is 2. The normalized spacial score (nSPS) is 20.1. The van der Waals surface area contributed by atoms with Crippen LogP contribution in [0.2, 0.25) is 0 Å². The number of anilines is 1. The van der Waals surface area contributed by atoms with Gasteiger partial charge in [0.2, 0.25) is 5.91 Å². The van der Waals surface area contributed by atoms with Crippen LogP contribution in [0.15, 0.2) is 18.2 Å². The summed E-state index contributed by atoms with van der Waals surface area (Å²) < 4.78 is 0. The number of carbonyl (C=O) groups excluding carboxylic acids is 1. The Morgan fingerprint density at radius 1 is 1.42 bits per heavy atom. The Morgan fingerprint density at radius 3 is 2.95 bits per heavy atom. The number of nitrogens with zero attached hydrogens (tertiary/aromatic N) is 1. The molecule has 1 aromatic carbocycles. The molecule has 19 heavy (non-hydrogen) atoms. The van der Waals surface area contributed by atoms with E-state index in [2.05, 4.69) is 42.3 Å². The SMILES string of the molecule is Cc1ccc(C)c(N2CCCNC(=O)C2CCN)c1. The van der Waals surface area contributed by atoms with Crippen molar-refractivity contribution in [1.29, 1.82) is 0 Å². The molecular formula is C15H23N3O. The highest BCUT2D eigenvalue weighted by molar-refractivity contribution is 5.86. The second-order valence-electron chi connectivity index (χ2n) is 5.22. The van der Waals surface area contributed by atoms with E-state index in [1.165, 1.54) is 11.1 Å². The third-order valence-electron chi connectivity index (χ3n) is 3.67. The lowest BCUT2D eigenvalue weighted by molar-refractivity contribution is -0.122. The minimum Gasteiger partial charge on any atom is -0.359 e. The monoisotopic (exact) mass is 261 g/mol. The molecule has 3 N–H and O–H groups in total. The summed E-state index contributed by atoms with van der Waals surface area (Å²) in [6.45, 7) is 6.35. The minimum atomic E-state index is -0.145. The molecule has 1 fully saturated rings. The van der Waals surface area contributed by atoms with Gasteiger partial charge in [-0.25, -0.2) is 0 Å². The van der Waals surface area contributed by atoms with Crippen LogP contribution < -0.4 is 16.0 Å². The van der Waals surface area contributed by atoms with Gasteiger partial charge in [0.05, 0.1) is 0 Å². The van der Waals surface area contributed by atoms with Crippen LogP contribution in [-0.2, 0) is 4.79 Å². The van der Waals surface area contributed by atoms with Gasteiger partial charge in [-0.05, 0) is 50.4 Å². The maximum Gasteiger partial charge on any atom is 0.242 e. The standard InChI is InChI=1S/C15H23N3O/c1-11-4-5-12(2)14(10-11)18-9-3-8-17-15(19)13(18)6-7-16/h4-5,10,13H,3,6-9,16H2,1-2H3,(H,17,19). The minimum absolute atomic E-state index is 0.101. The maximum atomic E-state index is 12.2. The van der Waals surface area contributed by atoms with Gasteiger partial charge in [-0.15, -0.1) is 0 Å². The van der Waals surface area contributed by atoms with Gasteiger partial charge in [-0.1, -0.05) is 12.1 Å². The fraction of sp³-hybridized carbons (Fsp3) is 0.533. The second-order valence-corrected chi connectivity index (χ2v) is 5.22. The summed E-state index contributed by atoms with van der Waals surface area (Å²) in [5.74, 6) is 0.101. The molecule has 1 saturated heterocycles. The molecule has 1 aliphatic rings. The number of benzene rings is 1. The first-order valence-corrected chi connectivity index (χ1v) is 6.95. The molecule has 4 heteroatoms. The van der Waals surface area contributed by atoms with Crippen molar-refractivity contribution in [1.82, 2.24) is 5.32 Å². The number of nitrogens with two attached hydrogens (primary N) is 1. The first kappa shape index (κ1) is 13.9. The fourth-order valence-corrected chi connectivity index (χ4v) is 2.64. The van der Waals surface area contributed by atoms with E-state index in [0.717, 1.165) is 25.2 Å². The van der Waals surface area contributed by atoms with E-state index in [4.69, 9.17) is 5.73 Å². The van der Waals surface area contributed by atoms with Gasteiger partial charge in [0, 0.05) is 18.8 Å². The van der Waals surface area contributed by atoms with Gasteiger partial charge in [-0.2, -0.15) is 0 Å². The van der Waals surface area contributed by atoms with Crippen molar-refractivity contribution in [3.05, 3.63) is 29.3 Å². The zero-order valence-corrected chi connectivity index (χ0v) is 11.8. The van der Waals surface area contributed by atoms with Crippen molar-refractivity contribution in [2.75, 3.05) is 24.5 Å². The highest BCUT2D eigenvalue weighted by Crippen LogP contribution is 2.25. The highest BCUT2D eigenvalue weighted by Gasteiger charge is 2.28. The van der Waals surface area contributed by atoms with Crippen LogP contribution in [0.25, 0.3) is 0 Å². The van der Waals surface area contributed by atoms with E-state index in [0.29, 0.717) is 13.0 Å². The molecule has 0 aromatic heterocycles. The Balaban J connectivity index is 2.37. The lowest BCUT2D eigenvalue weighted by Gasteiger charge is -2.31. The molecule has 1 unspecified atom stereocenters. The first-order chi connectivity index (χ1) is 9.13. The molecule has 0 saturated carbocycles. The van der Waals surface area contributed by atoms with E-state index in [1.54, 1.807) is 0 Å². The molecule has 0 spiro atoms. The number of amides is 1. The Bertz CT molecular complexity index is 459. The van der Waals surface area contributed by atoms with E-state index < -0.39 is 0 Å². The molecule has 1 aromatic rings. The average molecular weight is 261 g/mol. The third kappa shape index (κ3) is 3.07. The Labute approximate surface area is 115 Å². The lowest BCUT2D eigenvalue weighted by Crippen LogP contribution is -2.45. The Morgan fingerprint density at radius 2 is 2.21 bits per heavy atom. The van der Waals surface area contributed by atoms with E-state index in [-0.39, 0.29) is 11.9 Å². The van der Waals surface area contributed by atoms with Crippen LogP contribution in [-0.4, -0.2) is 31.6 Å². The summed E-state index contributed by atoms with van der Waals surface area (Å²) in [5.41, 5.74) is 9.27. The number of aryl methyl sites for hydroxylation is 2. The van der Waals surface area contributed by atoms with Crippen LogP contribution in [0, 0.1) is 13.8 Å². The van der Waals surface area contributed by atoms with Crippen molar-refractivity contribution >= 4 is 11.6 Å². The second kappa shape index (κ2) is 6.06. The van der Waals surface area contributed by atoms with Crippen LogP contribution in [0.1, 0.15) is 24.0 Å². The largest absolute Gasteiger partial charge is 0.359 e. The van der Waals surface area contributed by atoms with Crippen LogP contribution >= 0.6 is 0 Å². The summed E-state index contributed by atoms with van der Waals surface area (Å²) in [6, 6.07) is 6.24. The zero-order valence-electron chi connectivity index (χ0n) is 11.8. The van der Waals surface area contributed by atoms with Crippen LogP contribution in [0.5, 0.6) is 0 Å². The molecule has 1 aliphatic heterocycles. The fourth-order valence-electron chi connectivity index (χ4n) is 2.64. The molecule has 104 valence electrons. The lowest BCUT2D eigenvalue weighted by atomic mass is 10.1. The van der Waals surface area contributed by atoms with Gasteiger partial charge in [-0.3, -0.25) is 4.79 Å². The van der Waals surface area contributed by atoms with E-state index >= 15 is 0 Å². The number of rotatable bonds is 3. The predicted molar refractivity (Wildman–Crippen MR) is 78.3 cm³/mol. The van der Waals surface area contributed by atoms with Crippen molar-refractivity contribution in [2.24, 2.45) is 5.73 Å². The number of hydrogen-bond acceptors (Lipinski definition) is 3. The maximum absolute atomic E-state index is 12.2. The van der Waals surface area contributed by atoms with Crippen molar-refractivity contribution in [2.45, 2.75) is 32.7 Å². The quantitative estimate of drug-likeness (QED) is 0.863. The molecule has 0 aliphatic carbocycles. The molecule has 1 amide bonds. The third-order valence-corrected chi connectivity index (χ3v) is 3.67. The zero-order chi connectivity index (χ0) is 13.8. The molecule has 0 bridgehead atoms. The van der Waals surface area contributed by atoms with Gasteiger partial charge in [0.25, 0.3) is 0 Å². The van der Waals surface area contributed by atoms with Crippen molar-refractivity contribution in [3.63, 3.8) is 0 Å². The van der Waals surface area contributed by atoms with Gasteiger partial charge in [0.15, 0.2) is 0 Å². The molecular weight excluding hydrogens is 238 g/mol. The summed E-state index contributed by atoms with van der Waals surface area (Å²) >= 11 is 0. The van der Waals surface area contributed by atoms with Crippen molar-refractivity contribution in [3.8, 4) is 0 Å². The first-order valence-electron chi connectivity index (χ1n) is 6.95. The summed E-state index contributed by atoms with van der Waals surface area (Å²) in [4.78, 5) is 14.4. The van der Waals surface area contributed by atoms with Crippen LogP contribution in [0.3, 0.4) is 0 Å². The molecule has 0 radical (unpaired) electrons. The molecule has 4 nitrogen and oxygen atoms in total. The van der Waals surface area contributed by atoms with Gasteiger partial charge >= 0.3 is 0 Å². The van der Waals surface area contributed by atoms with Gasteiger partial charge in [0.1, 0.15) is 6.04 Å². The van der Waals surface area contributed by atoms with Crippen LogP contribution in [0.4, 0.5) is 5.69 Å². The average Bonchev–Trinajstić information content (AvgIpc) is 2.56.